The van der Waals surface area contributed by atoms with E-state index in [9.17, 15) is 9.59 Å². The molecule has 9 heteroatoms. The zero-order chi connectivity index (χ0) is 23.8. The molecule has 3 rings (SSSR count). The summed E-state index contributed by atoms with van der Waals surface area (Å²) >= 11 is 4.21. The van der Waals surface area contributed by atoms with Gasteiger partial charge in [0.25, 0.3) is 5.91 Å². The summed E-state index contributed by atoms with van der Waals surface area (Å²) in [5, 5.41) is 4.04. The van der Waals surface area contributed by atoms with Gasteiger partial charge in [-0.3, -0.25) is 4.79 Å². The lowest BCUT2D eigenvalue weighted by atomic mass is 10.2. The molecule has 3 aromatic rings. The smallest absolute Gasteiger partial charge is 0.343 e. The first-order valence-corrected chi connectivity index (χ1v) is 12.0. The Morgan fingerprint density at radius 3 is 2.45 bits per heavy atom. The van der Waals surface area contributed by atoms with Crippen molar-refractivity contribution in [2.45, 2.75) is 6.92 Å². The second kappa shape index (κ2) is 12.0. The Kier molecular flexibility index (Phi) is 9.06. The van der Waals surface area contributed by atoms with Crippen molar-refractivity contribution < 1.29 is 23.8 Å². The van der Waals surface area contributed by atoms with Gasteiger partial charge in [-0.1, -0.05) is 6.07 Å². The molecule has 0 aliphatic heterocycles. The van der Waals surface area contributed by atoms with Crippen molar-refractivity contribution in [2.75, 3.05) is 13.7 Å². The van der Waals surface area contributed by atoms with Crippen molar-refractivity contribution in [2.24, 2.45) is 5.10 Å². The quantitative estimate of drug-likeness (QED) is 0.116. The van der Waals surface area contributed by atoms with Gasteiger partial charge in [-0.15, -0.1) is 0 Å². The largest absolute Gasteiger partial charge is 0.497 e. The number of methoxy groups -OCH3 is 1. The topological polar surface area (TPSA) is 86.2 Å². The van der Waals surface area contributed by atoms with Crippen molar-refractivity contribution in [3.05, 3.63) is 84.5 Å². The summed E-state index contributed by atoms with van der Waals surface area (Å²) in [4.78, 5) is 24.9. The van der Waals surface area contributed by atoms with Crippen molar-refractivity contribution in [1.29, 1.82) is 0 Å². The molecule has 0 heterocycles. The van der Waals surface area contributed by atoms with Crippen LogP contribution in [-0.2, 0) is 0 Å². The average Bonchev–Trinajstić information content (AvgIpc) is 2.81. The third-order valence-corrected chi connectivity index (χ3v) is 5.79. The summed E-state index contributed by atoms with van der Waals surface area (Å²) in [6.07, 6.45) is 1.51. The van der Waals surface area contributed by atoms with Gasteiger partial charge in [0.1, 0.15) is 5.75 Å². The van der Waals surface area contributed by atoms with Gasteiger partial charge in [-0.2, -0.15) is 5.10 Å². The molecule has 170 valence electrons. The van der Waals surface area contributed by atoms with E-state index in [1.54, 1.807) is 55.6 Å². The molecular weight excluding hydrogens is 650 g/mol. The number of benzene rings is 3. The highest BCUT2D eigenvalue weighted by molar-refractivity contribution is 14.1. The molecule has 0 aromatic heterocycles. The molecule has 0 unspecified atom stereocenters. The lowest BCUT2D eigenvalue weighted by molar-refractivity contribution is 0.0726. The maximum absolute atomic E-state index is 12.6. The van der Waals surface area contributed by atoms with E-state index in [2.05, 4.69) is 55.7 Å². The van der Waals surface area contributed by atoms with Crippen LogP contribution >= 0.6 is 45.2 Å². The standard InChI is InChI=1S/C24H20I2N2O5/c1-3-32-21-12-15(14-27-28-23(29)17-5-4-6-18(25)13-17)11-20(26)22(21)33-24(30)16-7-9-19(31-2)10-8-16/h4-14H,3H2,1-2H3,(H,28,29)/b27-14-. The number of carbonyl (C=O) groups is 2. The summed E-state index contributed by atoms with van der Waals surface area (Å²) in [6, 6.07) is 17.3. The van der Waals surface area contributed by atoms with E-state index < -0.39 is 5.97 Å². The van der Waals surface area contributed by atoms with Crippen molar-refractivity contribution in [3.63, 3.8) is 0 Å². The molecular formula is C24H20I2N2O5. The molecule has 7 nitrogen and oxygen atoms in total. The lowest BCUT2D eigenvalue weighted by Crippen LogP contribution is -2.17. The van der Waals surface area contributed by atoms with Crippen LogP contribution in [0, 0.1) is 7.14 Å². The molecule has 33 heavy (non-hydrogen) atoms. The van der Waals surface area contributed by atoms with Gasteiger partial charge < -0.3 is 14.2 Å². The highest BCUT2D eigenvalue weighted by Gasteiger charge is 2.17. The van der Waals surface area contributed by atoms with Gasteiger partial charge in [-0.25, -0.2) is 10.2 Å². The maximum Gasteiger partial charge on any atom is 0.343 e. The number of amides is 1. The highest BCUT2D eigenvalue weighted by atomic mass is 127. The molecule has 0 atom stereocenters. The van der Waals surface area contributed by atoms with E-state index in [1.807, 2.05) is 19.1 Å². The van der Waals surface area contributed by atoms with Gasteiger partial charge in [0.05, 0.1) is 29.1 Å². The Labute approximate surface area is 218 Å². The molecule has 0 radical (unpaired) electrons. The lowest BCUT2D eigenvalue weighted by Gasteiger charge is -2.13. The van der Waals surface area contributed by atoms with Gasteiger partial charge in [0, 0.05) is 9.13 Å². The summed E-state index contributed by atoms with van der Waals surface area (Å²) in [6.45, 7) is 2.22. The first-order valence-electron chi connectivity index (χ1n) is 9.82. The molecule has 1 N–H and O–H groups in total. The summed E-state index contributed by atoms with van der Waals surface area (Å²) in [7, 11) is 1.56. The Morgan fingerprint density at radius 2 is 1.79 bits per heavy atom. The van der Waals surface area contributed by atoms with Crippen LogP contribution in [0.5, 0.6) is 17.2 Å². The molecule has 0 saturated heterocycles. The molecule has 1 amide bonds. The van der Waals surface area contributed by atoms with E-state index in [1.165, 1.54) is 6.21 Å². The van der Waals surface area contributed by atoms with Crippen LogP contribution in [0.1, 0.15) is 33.2 Å². The highest BCUT2D eigenvalue weighted by Crippen LogP contribution is 2.34. The molecule has 3 aromatic carbocycles. The fourth-order valence-electron chi connectivity index (χ4n) is 2.76. The number of hydrazone groups is 1. The number of carbonyl (C=O) groups excluding carboxylic acids is 2. The predicted octanol–water partition coefficient (Wildman–Crippen LogP) is 5.29. The third-order valence-electron chi connectivity index (χ3n) is 4.32. The normalized spacial score (nSPS) is 10.7. The third kappa shape index (κ3) is 6.90. The molecule has 0 spiro atoms. The SMILES string of the molecule is CCOc1cc(/C=N\NC(=O)c2cccc(I)c2)cc(I)c1OC(=O)c1ccc(OC)cc1. The fourth-order valence-corrected chi connectivity index (χ4v) is 4.04. The average molecular weight is 670 g/mol. The molecule has 0 aliphatic rings. The van der Waals surface area contributed by atoms with Crippen LogP contribution in [0.15, 0.2) is 65.8 Å². The fraction of sp³-hybridized carbons (Fsp3) is 0.125. The van der Waals surface area contributed by atoms with E-state index in [4.69, 9.17) is 14.2 Å². The van der Waals surface area contributed by atoms with Gasteiger partial charge in [-0.05, 0) is 112 Å². The van der Waals surface area contributed by atoms with Gasteiger partial charge in [0.2, 0.25) is 0 Å². The van der Waals surface area contributed by atoms with Crippen molar-refractivity contribution >= 4 is 63.3 Å². The van der Waals surface area contributed by atoms with Crippen LogP contribution < -0.4 is 19.6 Å². The Hall–Kier alpha value is -2.67. The molecule has 0 bridgehead atoms. The van der Waals surface area contributed by atoms with Gasteiger partial charge >= 0.3 is 5.97 Å². The minimum atomic E-state index is -0.511. The number of rotatable bonds is 8. The van der Waals surface area contributed by atoms with Gasteiger partial charge in [0.15, 0.2) is 11.5 Å². The van der Waals surface area contributed by atoms with Crippen LogP contribution in [0.2, 0.25) is 0 Å². The van der Waals surface area contributed by atoms with Crippen LogP contribution in [0.3, 0.4) is 0 Å². The number of esters is 1. The maximum atomic E-state index is 12.6. The number of nitrogens with zero attached hydrogens (tertiary/aromatic N) is 1. The summed E-state index contributed by atoms with van der Waals surface area (Å²) < 4.78 is 18.0. The van der Waals surface area contributed by atoms with Crippen LogP contribution in [-0.4, -0.2) is 31.8 Å². The molecule has 0 fully saturated rings. The summed E-state index contributed by atoms with van der Waals surface area (Å²) in [5.74, 6) is 0.543. The summed E-state index contributed by atoms with van der Waals surface area (Å²) in [5.41, 5.74) is 4.09. The monoisotopic (exact) mass is 670 g/mol. The van der Waals surface area contributed by atoms with Crippen LogP contribution in [0.25, 0.3) is 0 Å². The second-order valence-electron chi connectivity index (χ2n) is 6.59. The van der Waals surface area contributed by atoms with E-state index >= 15 is 0 Å². The minimum Gasteiger partial charge on any atom is -0.497 e. The number of hydrogen-bond donors (Lipinski definition) is 1. The number of hydrogen-bond acceptors (Lipinski definition) is 6. The molecule has 0 saturated carbocycles. The van der Waals surface area contributed by atoms with E-state index in [-0.39, 0.29) is 5.91 Å². The Bertz CT molecular complexity index is 1180. The first-order chi connectivity index (χ1) is 15.9. The van der Waals surface area contributed by atoms with E-state index in [0.717, 1.165) is 3.57 Å². The predicted molar refractivity (Wildman–Crippen MR) is 142 cm³/mol. The Balaban J connectivity index is 1.76. The van der Waals surface area contributed by atoms with Crippen molar-refractivity contribution in [1.82, 2.24) is 5.43 Å². The Morgan fingerprint density at radius 1 is 1.03 bits per heavy atom. The zero-order valence-corrected chi connectivity index (χ0v) is 22.1. The molecule has 0 aliphatic carbocycles. The second-order valence-corrected chi connectivity index (χ2v) is 9.00. The number of halogens is 2. The number of ether oxygens (including phenoxy) is 3. The zero-order valence-electron chi connectivity index (χ0n) is 17.8. The van der Waals surface area contributed by atoms with Crippen LogP contribution in [0.4, 0.5) is 0 Å². The first kappa shape index (κ1) is 25.0. The van der Waals surface area contributed by atoms with Crippen molar-refractivity contribution in [3.8, 4) is 17.2 Å². The number of nitrogens with one attached hydrogen (secondary N) is 1. The van der Waals surface area contributed by atoms with E-state index in [0.29, 0.717) is 44.1 Å². The minimum absolute atomic E-state index is 0.311.